The Morgan fingerprint density at radius 2 is 2.35 bits per heavy atom. The van der Waals surface area contributed by atoms with E-state index in [1.54, 1.807) is 0 Å². The molecule has 6 heteroatoms. The van der Waals surface area contributed by atoms with Crippen molar-refractivity contribution in [3.05, 3.63) is 44.9 Å². The highest BCUT2D eigenvalue weighted by Crippen LogP contribution is 2.17. The van der Waals surface area contributed by atoms with Gasteiger partial charge >= 0.3 is 0 Å². The third-order valence-electron chi connectivity index (χ3n) is 4.07. The number of H-pyrrole nitrogens is 1. The van der Waals surface area contributed by atoms with Crippen molar-refractivity contribution < 1.29 is 4.79 Å². The molecular weight excluding hydrogens is 314 g/mol. The molecule has 5 nitrogen and oxygen atoms in total. The highest BCUT2D eigenvalue weighted by Gasteiger charge is 2.23. The van der Waals surface area contributed by atoms with Gasteiger partial charge < -0.3 is 10.3 Å². The predicted molar refractivity (Wildman–Crippen MR) is 93.0 cm³/mol. The zero-order chi connectivity index (χ0) is 16.8. The smallest absolute Gasteiger partial charge is 0.266 e. The average Bonchev–Trinajstić information content (AvgIpc) is 2.95. The molecule has 2 rings (SSSR count). The molecule has 1 aliphatic rings. The van der Waals surface area contributed by atoms with Gasteiger partial charge in [0.25, 0.3) is 11.5 Å². The van der Waals surface area contributed by atoms with Gasteiger partial charge in [0.1, 0.15) is 5.02 Å². The van der Waals surface area contributed by atoms with Crippen LogP contribution in [-0.2, 0) is 0 Å². The Hall–Kier alpha value is -1.59. The summed E-state index contributed by atoms with van der Waals surface area (Å²) >= 11 is 5.74. The molecule has 0 saturated carbocycles. The summed E-state index contributed by atoms with van der Waals surface area (Å²) < 4.78 is 0. The van der Waals surface area contributed by atoms with E-state index in [1.165, 1.54) is 17.8 Å². The van der Waals surface area contributed by atoms with E-state index in [0.29, 0.717) is 18.0 Å². The third-order valence-corrected chi connectivity index (χ3v) is 4.35. The maximum absolute atomic E-state index is 12.1. The Labute approximate surface area is 141 Å². The van der Waals surface area contributed by atoms with E-state index in [9.17, 15) is 9.59 Å². The molecule has 2 heterocycles. The minimum absolute atomic E-state index is 0.0304. The number of hydrogen-bond donors (Lipinski definition) is 2. The average molecular weight is 338 g/mol. The number of aromatic amines is 1. The Morgan fingerprint density at radius 3 is 3.04 bits per heavy atom. The second kappa shape index (κ2) is 8.31. The minimum Gasteiger partial charge on any atom is -0.352 e. The lowest BCUT2D eigenvalue weighted by Gasteiger charge is -2.16. The van der Waals surface area contributed by atoms with E-state index in [4.69, 9.17) is 11.6 Å². The fourth-order valence-electron chi connectivity index (χ4n) is 2.91. The van der Waals surface area contributed by atoms with Crippen molar-refractivity contribution >= 4 is 17.5 Å². The number of allylic oxidation sites excluding steroid dienone is 1. The number of halogens is 1. The maximum atomic E-state index is 12.1. The molecule has 1 saturated heterocycles. The van der Waals surface area contributed by atoms with Gasteiger partial charge in [-0.15, -0.1) is 0 Å². The third kappa shape index (κ3) is 5.22. The number of amides is 1. The Morgan fingerprint density at radius 1 is 1.57 bits per heavy atom. The summed E-state index contributed by atoms with van der Waals surface area (Å²) in [5.74, 6) is 0.260. The monoisotopic (exact) mass is 337 g/mol. The molecule has 23 heavy (non-hydrogen) atoms. The first-order valence-electron chi connectivity index (χ1n) is 8.04. The SMILES string of the molecule is CC/C=C(\C)CN1CC[C@@H](CNC(=O)c2c[nH]c(=O)c(Cl)c2)C1. The zero-order valence-electron chi connectivity index (χ0n) is 13.7. The lowest BCUT2D eigenvalue weighted by atomic mass is 10.1. The summed E-state index contributed by atoms with van der Waals surface area (Å²) in [6.45, 7) is 8.03. The van der Waals surface area contributed by atoms with Gasteiger partial charge in [0.05, 0.1) is 5.56 Å². The van der Waals surface area contributed by atoms with Crippen LogP contribution in [0, 0.1) is 5.92 Å². The molecule has 0 unspecified atom stereocenters. The van der Waals surface area contributed by atoms with Crippen LogP contribution in [0.25, 0.3) is 0 Å². The van der Waals surface area contributed by atoms with Crippen molar-refractivity contribution in [2.45, 2.75) is 26.7 Å². The number of nitrogens with zero attached hydrogens (tertiary/aromatic N) is 1. The van der Waals surface area contributed by atoms with Crippen LogP contribution < -0.4 is 10.9 Å². The molecule has 1 aromatic heterocycles. The summed E-state index contributed by atoms with van der Waals surface area (Å²) in [5.41, 5.74) is 1.40. The van der Waals surface area contributed by atoms with Crippen LogP contribution in [0.5, 0.6) is 0 Å². The maximum Gasteiger partial charge on any atom is 0.266 e. The fourth-order valence-corrected chi connectivity index (χ4v) is 3.09. The van der Waals surface area contributed by atoms with Crippen LogP contribution in [0.3, 0.4) is 0 Å². The summed E-state index contributed by atoms with van der Waals surface area (Å²) in [4.78, 5) is 28.2. The van der Waals surface area contributed by atoms with Crippen LogP contribution in [0.2, 0.25) is 5.02 Å². The van der Waals surface area contributed by atoms with Crippen molar-refractivity contribution in [2.24, 2.45) is 5.92 Å². The zero-order valence-corrected chi connectivity index (χ0v) is 14.4. The molecule has 0 spiro atoms. The van der Waals surface area contributed by atoms with E-state index in [0.717, 1.165) is 32.5 Å². The Kier molecular flexibility index (Phi) is 6.42. The predicted octanol–water partition coefficient (Wildman–Crippen LogP) is 2.44. The largest absolute Gasteiger partial charge is 0.352 e. The second-order valence-corrected chi connectivity index (χ2v) is 6.53. The molecule has 0 radical (unpaired) electrons. The topological polar surface area (TPSA) is 65.2 Å². The van der Waals surface area contributed by atoms with Gasteiger partial charge in [-0.2, -0.15) is 0 Å². The first kappa shape index (κ1) is 17.8. The normalized spacial score (nSPS) is 19.1. The van der Waals surface area contributed by atoms with Gasteiger partial charge in [-0.05, 0) is 38.3 Å². The molecule has 1 atom stereocenters. The lowest BCUT2D eigenvalue weighted by molar-refractivity contribution is 0.0947. The molecule has 126 valence electrons. The van der Waals surface area contributed by atoms with Crippen LogP contribution in [0.1, 0.15) is 37.0 Å². The number of carbonyl (C=O) groups is 1. The van der Waals surface area contributed by atoms with Gasteiger partial charge in [0, 0.05) is 25.8 Å². The summed E-state index contributed by atoms with van der Waals surface area (Å²) in [7, 11) is 0. The molecule has 1 aliphatic heterocycles. The summed E-state index contributed by atoms with van der Waals surface area (Å²) in [6.07, 6.45) is 5.81. The number of pyridine rings is 1. The molecule has 0 aliphatic carbocycles. The highest BCUT2D eigenvalue weighted by molar-refractivity contribution is 6.30. The van der Waals surface area contributed by atoms with Crippen LogP contribution in [0.15, 0.2) is 28.7 Å². The molecule has 1 aromatic rings. The number of hydrogen-bond acceptors (Lipinski definition) is 3. The Bertz CT molecular complexity index is 639. The number of likely N-dealkylation sites (tertiary alicyclic amines) is 1. The van der Waals surface area contributed by atoms with Crippen molar-refractivity contribution in [2.75, 3.05) is 26.2 Å². The summed E-state index contributed by atoms with van der Waals surface area (Å²) in [6, 6.07) is 1.40. The van der Waals surface area contributed by atoms with Gasteiger partial charge in [-0.3, -0.25) is 14.5 Å². The first-order chi connectivity index (χ1) is 11.0. The van der Waals surface area contributed by atoms with Crippen molar-refractivity contribution in [1.82, 2.24) is 15.2 Å². The van der Waals surface area contributed by atoms with E-state index in [2.05, 4.69) is 35.1 Å². The molecular formula is C17H24ClN3O2. The second-order valence-electron chi connectivity index (χ2n) is 6.12. The Balaban J connectivity index is 1.80. The van der Waals surface area contributed by atoms with Crippen molar-refractivity contribution in [3.63, 3.8) is 0 Å². The molecule has 1 amide bonds. The highest BCUT2D eigenvalue weighted by atomic mass is 35.5. The van der Waals surface area contributed by atoms with E-state index in [-0.39, 0.29) is 16.5 Å². The fraction of sp³-hybridized carbons (Fsp3) is 0.529. The number of nitrogens with one attached hydrogen (secondary N) is 2. The van der Waals surface area contributed by atoms with Gasteiger partial charge in [0.2, 0.25) is 0 Å². The standard InChI is InChI=1S/C17H24ClN3O2/c1-3-4-12(2)10-21-6-5-13(11-21)8-19-16(22)14-7-15(18)17(23)20-9-14/h4,7,9,13H,3,5-6,8,10-11H2,1-2H3,(H,19,22)(H,20,23)/b12-4+/t13-/m0/s1. The van der Waals surface area contributed by atoms with Crippen LogP contribution in [0.4, 0.5) is 0 Å². The molecule has 0 bridgehead atoms. The van der Waals surface area contributed by atoms with Gasteiger partial charge in [-0.25, -0.2) is 0 Å². The molecule has 1 fully saturated rings. The number of carbonyl (C=O) groups excluding carboxylic acids is 1. The van der Waals surface area contributed by atoms with Crippen LogP contribution in [-0.4, -0.2) is 42.0 Å². The number of aromatic nitrogens is 1. The lowest BCUT2D eigenvalue weighted by Crippen LogP contribution is -2.31. The quantitative estimate of drug-likeness (QED) is 0.784. The van der Waals surface area contributed by atoms with Crippen molar-refractivity contribution in [3.8, 4) is 0 Å². The van der Waals surface area contributed by atoms with Crippen molar-refractivity contribution in [1.29, 1.82) is 0 Å². The number of rotatable bonds is 6. The molecule has 2 N–H and O–H groups in total. The van der Waals surface area contributed by atoms with E-state index in [1.807, 2.05) is 0 Å². The minimum atomic E-state index is -0.384. The van der Waals surface area contributed by atoms with Gasteiger partial charge in [0.15, 0.2) is 0 Å². The van der Waals surface area contributed by atoms with Gasteiger partial charge in [-0.1, -0.05) is 30.2 Å². The van der Waals surface area contributed by atoms with Crippen LogP contribution >= 0.6 is 11.6 Å². The summed E-state index contributed by atoms with van der Waals surface area (Å²) in [5, 5.41) is 2.96. The molecule has 0 aromatic carbocycles. The first-order valence-corrected chi connectivity index (χ1v) is 8.41. The van der Waals surface area contributed by atoms with E-state index >= 15 is 0 Å². The van der Waals surface area contributed by atoms with E-state index < -0.39 is 0 Å².